The second-order valence-corrected chi connectivity index (χ2v) is 10.9. The summed E-state index contributed by atoms with van der Waals surface area (Å²) in [5, 5.41) is 84.3. The first kappa shape index (κ1) is 39.1. The molecule has 0 saturated carbocycles. The Morgan fingerprint density at radius 1 is 0.490 bits per heavy atom. The molecule has 0 bridgehead atoms. The highest BCUT2D eigenvalue weighted by Gasteiger charge is 2.45. The second-order valence-electron chi connectivity index (χ2n) is 10.9. The number of aromatic nitrogens is 9. The lowest BCUT2D eigenvalue weighted by Crippen LogP contribution is -2.36. The van der Waals surface area contributed by atoms with Crippen molar-refractivity contribution < 1.29 is 60.2 Å². The van der Waals surface area contributed by atoms with Gasteiger partial charge in [-0.1, -0.05) is 0 Å². The maximum atomic E-state index is 11.5. The zero-order valence-electron chi connectivity index (χ0n) is 26.0. The molecule has 27 heteroatoms. The van der Waals surface area contributed by atoms with Crippen LogP contribution in [0.2, 0.25) is 0 Å². The average molecular weight is 733 g/mol. The van der Waals surface area contributed by atoms with Crippen molar-refractivity contribution in [3.63, 3.8) is 0 Å². The van der Waals surface area contributed by atoms with Crippen molar-refractivity contribution in [2.45, 2.75) is 73.6 Å². The van der Waals surface area contributed by atoms with Crippen molar-refractivity contribution in [1.29, 1.82) is 0 Å². The molecule has 0 radical (unpaired) electrons. The van der Waals surface area contributed by atoms with Gasteiger partial charge in [-0.25, -0.2) is 29.3 Å². The molecule has 0 aromatic carbocycles. The van der Waals surface area contributed by atoms with Crippen molar-refractivity contribution in [2.24, 2.45) is 0 Å². The lowest BCUT2D eigenvalue weighted by molar-refractivity contribution is -0.0554. The summed E-state index contributed by atoms with van der Waals surface area (Å²) in [6, 6.07) is 0. The van der Waals surface area contributed by atoms with Gasteiger partial charge in [0, 0.05) is 0 Å². The third kappa shape index (κ3) is 8.46. The minimum Gasteiger partial charge on any atom is -0.394 e. The van der Waals surface area contributed by atoms with E-state index in [1.54, 1.807) is 0 Å². The number of aliphatic hydroxyl groups is 9. The van der Waals surface area contributed by atoms with Gasteiger partial charge in [0.25, 0.3) is 0 Å². The normalized spacial score (nSPS) is 32.9. The Kier molecular flexibility index (Phi) is 12.7. The predicted molar refractivity (Wildman–Crippen MR) is 161 cm³/mol. The molecule has 0 unspecified atom stereocenters. The van der Waals surface area contributed by atoms with Gasteiger partial charge in [0.15, 0.2) is 18.7 Å². The highest BCUT2D eigenvalue weighted by molar-refractivity contribution is 5.11. The summed E-state index contributed by atoms with van der Waals surface area (Å²) in [6.45, 7) is -1.42. The van der Waals surface area contributed by atoms with E-state index in [1.165, 1.54) is 0 Å². The molecule has 12 atom stereocenters. The standard InChI is InChI=1S/3C8H12N4O5/c3*9-7-10-2-12(8(16)11-7)6-5(15)4(14)3(1-13)17-6/h3*2-6,13-15H,1H2,(H2,9,11,16)/t3*3-,4-,5-,6-/m111/s1. The van der Waals surface area contributed by atoms with Crippen LogP contribution in [0.1, 0.15) is 18.7 Å². The number of hydrogen-bond donors (Lipinski definition) is 12. The molecule has 27 nitrogen and oxygen atoms in total. The van der Waals surface area contributed by atoms with Crippen LogP contribution in [0.25, 0.3) is 0 Å². The SMILES string of the molecule is Nc1ncn([C@@H]2O[C@H](CO)[C@@H](O)[C@H]2O)c(=O)n1.Nc1ncn([C@@H]2O[C@H](CO)[C@@H](O)[C@H]2O)c(=O)n1.Nc1ncn([C@@H]2O[C@H](CO)[C@@H](O)[C@H]2O)c(=O)n1. The zero-order chi connectivity index (χ0) is 37.7. The van der Waals surface area contributed by atoms with Gasteiger partial charge in [0.1, 0.15) is 73.9 Å². The molecule has 3 aromatic rings. The minimum atomic E-state index is -1.35. The molecule has 51 heavy (non-hydrogen) atoms. The van der Waals surface area contributed by atoms with Crippen molar-refractivity contribution in [2.75, 3.05) is 37.0 Å². The topological polar surface area (TPSA) is 431 Å². The molecule has 282 valence electrons. The number of rotatable bonds is 6. The van der Waals surface area contributed by atoms with Gasteiger partial charge in [-0.2, -0.15) is 15.0 Å². The number of nitrogen functional groups attached to an aromatic ring is 3. The van der Waals surface area contributed by atoms with Crippen molar-refractivity contribution in [1.82, 2.24) is 43.6 Å². The highest BCUT2D eigenvalue weighted by atomic mass is 16.6. The minimum absolute atomic E-state index is 0.196. The van der Waals surface area contributed by atoms with Crippen molar-refractivity contribution in [3.05, 3.63) is 50.4 Å². The molecule has 0 aliphatic carbocycles. The lowest BCUT2D eigenvalue weighted by atomic mass is 10.1. The summed E-state index contributed by atoms with van der Waals surface area (Å²) in [6.07, 6.45) is -11.0. The molecule has 0 amide bonds. The van der Waals surface area contributed by atoms with Gasteiger partial charge < -0.3 is 77.4 Å². The maximum Gasteiger partial charge on any atom is 0.354 e. The van der Waals surface area contributed by atoms with Gasteiger partial charge in [0.05, 0.1) is 19.8 Å². The largest absolute Gasteiger partial charge is 0.394 e. The fraction of sp³-hybridized carbons (Fsp3) is 0.625. The molecule has 3 saturated heterocycles. The van der Waals surface area contributed by atoms with Crippen LogP contribution in [0, 0.1) is 0 Å². The fourth-order valence-electron chi connectivity index (χ4n) is 4.92. The van der Waals surface area contributed by atoms with E-state index in [0.717, 1.165) is 32.7 Å². The smallest absolute Gasteiger partial charge is 0.354 e. The molecule has 0 spiro atoms. The van der Waals surface area contributed by atoms with Crippen molar-refractivity contribution >= 4 is 17.8 Å². The van der Waals surface area contributed by atoms with E-state index < -0.39 is 111 Å². The first-order chi connectivity index (χ1) is 24.1. The van der Waals surface area contributed by atoms with Crippen LogP contribution in [0.5, 0.6) is 0 Å². The maximum absolute atomic E-state index is 11.5. The Balaban J connectivity index is 0.000000172. The van der Waals surface area contributed by atoms with Gasteiger partial charge in [0.2, 0.25) is 17.8 Å². The zero-order valence-corrected chi connectivity index (χ0v) is 26.0. The lowest BCUT2D eigenvalue weighted by Gasteiger charge is -2.16. The number of nitrogens with zero attached hydrogens (tertiary/aromatic N) is 9. The molecule has 15 N–H and O–H groups in total. The molecule has 3 aromatic heterocycles. The van der Waals surface area contributed by atoms with Crippen LogP contribution < -0.4 is 34.3 Å². The number of nitrogens with two attached hydrogens (primary N) is 3. The summed E-state index contributed by atoms with van der Waals surface area (Å²) in [4.78, 5) is 55.3. The fourth-order valence-corrected chi connectivity index (χ4v) is 4.92. The van der Waals surface area contributed by atoms with Crippen LogP contribution in [0.15, 0.2) is 33.4 Å². The number of aliphatic hydroxyl groups excluding tert-OH is 9. The molecule has 3 fully saturated rings. The second kappa shape index (κ2) is 16.6. The van der Waals surface area contributed by atoms with E-state index in [-0.39, 0.29) is 17.8 Å². The Bertz CT molecular complexity index is 1590. The molecular formula is C24H36N12O15. The summed E-state index contributed by atoms with van der Waals surface area (Å²) in [5.74, 6) is -0.589. The van der Waals surface area contributed by atoms with E-state index in [2.05, 4.69) is 29.9 Å². The highest BCUT2D eigenvalue weighted by Crippen LogP contribution is 2.29. The van der Waals surface area contributed by atoms with Crippen LogP contribution in [-0.2, 0) is 14.2 Å². The number of hydrogen-bond acceptors (Lipinski definition) is 24. The van der Waals surface area contributed by atoms with Crippen LogP contribution in [0.3, 0.4) is 0 Å². The van der Waals surface area contributed by atoms with E-state index >= 15 is 0 Å². The molecule has 6 heterocycles. The number of ether oxygens (including phenoxy) is 3. The van der Waals surface area contributed by atoms with Crippen molar-refractivity contribution in [3.8, 4) is 0 Å². The quantitative estimate of drug-likeness (QED) is 0.112. The van der Waals surface area contributed by atoms with E-state index in [4.69, 9.17) is 46.7 Å². The Morgan fingerprint density at radius 2 is 0.725 bits per heavy atom. The molecular weight excluding hydrogens is 696 g/mol. The summed E-state index contributed by atoms with van der Waals surface area (Å²) >= 11 is 0. The van der Waals surface area contributed by atoms with Gasteiger partial charge in [-0.15, -0.1) is 0 Å². The van der Waals surface area contributed by atoms with E-state index in [0.29, 0.717) is 0 Å². The number of anilines is 3. The Morgan fingerprint density at radius 3 is 0.902 bits per heavy atom. The first-order valence-electron chi connectivity index (χ1n) is 14.6. The van der Waals surface area contributed by atoms with Gasteiger partial charge in [-0.3, -0.25) is 13.7 Å². The monoisotopic (exact) mass is 732 g/mol. The van der Waals surface area contributed by atoms with E-state index in [1.807, 2.05) is 0 Å². The molecule has 6 rings (SSSR count). The average Bonchev–Trinajstić information content (AvgIpc) is 3.66. The van der Waals surface area contributed by atoms with Crippen LogP contribution in [-0.4, -0.2) is 164 Å². The third-order valence-corrected chi connectivity index (χ3v) is 7.61. The van der Waals surface area contributed by atoms with E-state index in [9.17, 15) is 45.0 Å². The summed E-state index contributed by atoms with van der Waals surface area (Å²) < 4.78 is 18.1. The molecule has 3 aliphatic rings. The third-order valence-electron chi connectivity index (χ3n) is 7.61. The predicted octanol–water partition coefficient (Wildman–Crippen LogP) is -9.50. The summed E-state index contributed by atoms with van der Waals surface area (Å²) in [5.41, 5.74) is 13.4. The Hall–Kier alpha value is -4.65. The molecule has 3 aliphatic heterocycles. The summed E-state index contributed by atoms with van der Waals surface area (Å²) in [7, 11) is 0. The van der Waals surface area contributed by atoms with Crippen LogP contribution >= 0.6 is 0 Å². The first-order valence-corrected chi connectivity index (χ1v) is 14.6. The Labute approximate surface area is 283 Å². The van der Waals surface area contributed by atoms with Crippen LogP contribution in [0.4, 0.5) is 17.8 Å². The van der Waals surface area contributed by atoms with Gasteiger partial charge in [-0.05, 0) is 0 Å². The van der Waals surface area contributed by atoms with Gasteiger partial charge >= 0.3 is 17.1 Å².